The van der Waals surface area contributed by atoms with Crippen molar-refractivity contribution in [2.75, 3.05) is 0 Å². The van der Waals surface area contributed by atoms with E-state index in [4.69, 9.17) is 23.2 Å². The molecule has 1 unspecified atom stereocenters. The zero-order chi connectivity index (χ0) is 11.7. The summed E-state index contributed by atoms with van der Waals surface area (Å²) in [5, 5.41) is 10.9. The Morgan fingerprint density at radius 1 is 1.38 bits per heavy atom. The normalized spacial score (nSPS) is 12.8. The van der Waals surface area contributed by atoms with Gasteiger partial charge in [-0.2, -0.15) is 0 Å². The van der Waals surface area contributed by atoms with E-state index in [0.29, 0.717) is 21.3 Å². The molecule has 0 saturated carbocycles. The van der Waals surface area contributed by atoms with Gasteiger partial charge in [0.1, 0.15) is 6.10 Å². The summed E-state index contributed by atoms with van der Waals surface area (Å²) in [5.41, 5.74) is 1.11. The maximum Gasteiger partial charge on any atom is 0.124 e. The number of nitrogens with zero attached hydrogens (tertiary/aromatic N) is 2. The van der Waals surface area contributed by atoms with Crippen LogP contribution in [0.25, 0.3) is 0 Å². The van der Waals surface area contributed by atoms with Crippen LogP contribution in [0.5, 0.6) is 0 Å². The fourth-order valence-electron chi connectivity index (χ4n) is 1.47. The van der Waals surface area contributed by atoms with Crippen LogP contribution in [0.3, 0.4) is 0 Å². The molecule has 0 spiro atoms. The van der Waals surface area contributed by atoms with Crippen LogP contribution in [0.15, 0.2) is 30.7 Å². The molecule has 0 aliphatic carbocycles. The number of hydrogen-bond acceptors (Lipinski definition) is 2. The van der Waals surface area contributed by atoms with Gasteiger partial charge in [-0.3, -0.25) is 0 Å². The third-order valence-electron chi connectivity index (χ3n) is 2.28. The van der Waals surface area contributed by atoms with Gasteiger partial charge in [0.05, 0.1) is 22.1 Å². The van der Waals surface area contributed by atoms with E-state index in [1.54, 1.807) is 35.3 Å². The first kappa shape index (κ1) is 11.5. The number of imidazole rings is 1. The molecule has 0 fully saturated rings. The van der Waals surface area contributed by atoms with Crippen molar-refractivity contribution < 1.29 is 5.11 Å². The number of rotatable bonds is 2. The first-order valence-corrected chi connectivity index (χ1v) is 5.45. The smallest absolute Gasteiger partial charge is 0.124 e. The van der Waals surface area contributed by atoms with Crippen LogP contribution in [-0.4, -0.2) is 14.7 Å². The van der Waals surface area contributed by atoms with E-state index in [2.05, 4.69) is 4.98 Å². The molecule has 0 amide bonds. The second-order valence-corrected chi connectivity index (χ2v) is 4.29. The van der Waals surface area contributed by atoms with Crippen molar-refractivity contribution in [3.63, 3.8) is 0 Å². The predicted octanol–water partition coefficient (Wildman–Crippen LogP) is 2.81. The highest BCUT2D eigenvalue weighted by Crippen LogP contribution is 2.32. The van der Waals surface area contributed by atoms with Crippen LogP contribution >= 0.6 is 23.2 Å². The molecule has 0 saturated heterocycles. The summed E-state index contributed by atoms with van der Waals surface area (Å²) in [5.74, 6) is 0. The van der Waals surface area contributed by atoms with Gasteiger partial charge in [-0.25, -0.2) is 4.98 Å². The van der Waals surface area contributed by atoms with E-state index >= 15 is 0 Å². The van der Waals surface area contributed by atoms with Gasteiger partial charge in [-0.1, -0.05) is 35.3 Å². The Morgan fingerprint density at radius 2 is 2.12 bits per heavy atom. The number of benzene rings is 1. The first-order valence-electron chi connectivity index (χ1n) is 4.69. The molecule has 1 aromatic heterocycles. The highest BCUT2D eigenvalue weighted by Gasteiger charge is 2.17. The number of aliphatic hydroxyl groups excluding tert-OH is 1. The van der Waals surface area contributed by atoms with Gasteiger partial charge in [-0.05, 0) is 6.07 Å². The summed E-state index contributed by atoms with van der Waals surface area (Å²) in [6.45, 7) is 0. The third-order valence-corrected chi connectivity index (χ3v) is 3.11. The zero-order valence-corrected chi connectivity index (χ0v) is 10.1. The minimum Gasteiger partial charge on any atom is -0.382 e. The fourth-order valence-corrected chi connectivity index (χ4v) is 1.88. The van der Waals surface area contributed by atoms with Gasteiger partial charge in [0, 0.05) is 18.8 Å². The molecule has 1 N–H and O–H groups in total. The van der Waals surface area contributed by atoms with Gasteiger partial charge in [0.25, 0.3) is 0 Å². The lowest BCUT2D eigenvalue weighted by atomic mass is 10.1. The van der Waals surface area contributed by atoms with Crippen molar-refractivity contribution in [3.05, 3.63) is 52.0 Å². The lowest BCUT2D eigenvalue weighted by Crippen LogP contribution is -2.01. The maximum absolute atomic E-state index is 10.1. The van der Waals surface area contributed by atoms with Gasteiger partial charge < -0.3 is 9.67 Å². The van der Waals surface area contributed by atoms with Gasteiger partial charge in [0.2, 0.25) is 0 Å². The lowest BCUT2D eigenvalue weighted by Gasteiger charge is -2.10. The molecule has 5 heteroatoms. The zero-order valence-electron chi connectivity index (χ0n) is 8.56. The van der Waals surface area contributed by atoms with Crippen LogP contribution in [-0.2, 0) is 7.05 Å². The van der Waals surface area contributed by atoms with Gasteiger partial charge in [0.15, 0.2) is 0 Å². The fraction of sp³-hybridized carbons (Fsp3) is 0.182. The Balaban J connectivity index is 2.41. The molecule has 0 aliphatic rings. The molecule has 3 nitrogen and oxygen atoms in total. The number of aryl methyl sites for hydroxylation is 1. The van der Waals surface area contributed by atoms with E-state index in [0.717, 1.165) is 0 Å². The van der Waals surface area contributed by atoms with Crippen LogP contribution < -0.4 is 0 Å². The minimum absolute atomic E-state index is 0.363. The predicted molar refractivity (Wildman–Crippen MR) is 63.7 cm³/mol. The summed E-state index contributed by atoms with van der Waals surface area (Å²) < 4.78 is 1.76. The molecule has 0 bridgehead atoms. The summed E-state index contributed by atoms with van der Waals surface area (Å²) in [4.78, 5) is 4.07. The second kappa shape index (κ2) is 4.45. The van der Waals surface area contributed by atoms with E-state index < -0.39 is 6.10 Å². The number of aliphatic hydroxyl groups is 1. The highest BCUT2D eigenvalue weighted by atomic mass is 35.5. The average Bonchev–Trinajstić information content (AvgIpc) is 2.68. The molecule has 1 heterocycles. The first-order chi connectivity index (χ1) is 7.59. The Labute approximate surface area is 103 Å². The van der Waals surface area contributed by atoms with Crippen molar-refractivity contribution >= 4 is 23.2 Å². The molecule has 2 rings (SSSR count). The summed E-state index contributed by atoms with van der Waals surface area (Å²) >= 11 is 11.9. The van der Waals surface area contributed by atoms with E-state index in [-0.39, 0.29) is 0 Å². The summed E-state index contributed by atoms with van der Waals surface area (Å²) in [6, 6.07) is 5.15. The molecule has 1 aromatic carbocycles. The topological polar surface area (TPSA) is 38.0 Å². The van der Waals surface area contributed by atoms with Crippen LogP contribution in [0.2, 0.25) is 10.0 Å². The van der Waals surface area contributed by atoms with Gasteiger partial charge in [-0.15, -0.1) is 0 Å². The largest absolute Gasteiger partial charge is 0.382 e. The van der Waals surface area contributed by atoms with E-state index in [1.807, 2.05) is 7.05 Å². The monoisotopic (exact) mass is 256 g/mol. The molecule has 16 heavy (non-hydrogen) atoms. The van der Waals surface area contributed by atoms with Crippen LogP contribution in [0, 0.1) is 0 Å². The Morgan fingerprint density at radius 3 is 2.75 bits per heavy atom. The second-order valence-electron chi connectivity index (χ2n) is 3.51. The van der Waals surface area contributed by atoms with E-state index in [9.17, 15) is 5.11 Å². The summed E-state index contributed by atoms with van der Waals surface area (Å²) in [6.07, 6.45) is 2.51. The Hall–Kier alpha value is -1.03. The Bertz CT molecular complexity index is 510. The van der Waals surface area contributed by atoms with Crippen LogP contribution in [0.4, 0.5) is 0 Å². The van der Waals surface area contributed by atoms with Crippen molar-refractivity contribution in [1.82, 2.24) is 9.55 Å². The third kappa shape index (κ3) is 2.07. The molecule has 1 atom stereocenters. The van der Waals surface area contributed by atoms with Crippen molar-refractivity contribution in [2.45, 2.75) is 6.10 Å². The SMILES string of the molecule is Cn1cnc(C(O)c2cccc(Cl)c2Cl)c1. The average molecular weight is 257 g/mol. The molecule has 2 aromatic rings. The van der Waals surface area contributed by atoms with E-state index in [1.165, 1.54) is 0 Å². The van der Waals surface area contributed by atoms with Crippen molar-refractivity contribution in [2.24, 2.45) is 7.05 Å². The number of aromatic nitrogens is 2. The molecular weight excluding hydrogens is 247 g/mol. The number of hydrogen-bond donors (Lipinski definition) is 1. The molecular formula is C11H10Cl2N2O. The molecule has 84 valence electrons. The van der Waals surface area contributed by atoms with Crippen molar-refractivity contribution in [3.8, 4) is 0 Å². The molecule has 0 radical (unpaired) electrons. The number of halogens is 2. The quantitative estimate of drug-likeness (QED) is 0.898. The van der Waals surface area contributed by atoms with Crippen LogP contribution in [0.1, 0.15) is 17.4 Å². The molecule has 0 aliphatic heterocycles. The Kier molecular flexibility index (Phi) is 3.19. The summed E-state index contributed by atoms with van der Waals surface area (Å²) in [7, 11) is 1.84. The lowest BCUT2D eigenvalue weighted by molar-refractivity contribution is 0.216. The van der Waals surface area contributed by atoms with Crippen molar-refractivity contribution in [1.29, 1.82) is 0 Å². The van der Waals surface area contributed by atoms with Gasteiger partial charge >= 0.3 is 0 Å². The maximum atomic E-state index is 10.1. The standard InChI is InChI=1S/C11H10Cl2N2O/c1-15-5-9(14-6-15)11(16)7-3-2-4-8(12)10(7)13/h2-6,11,16H,1H3. The highest BCUT2D eigenvalue weighted by molar-refractivity contribution is 6.42. The minimum atomic E-state index is -0.854.